The number of aromatic amines is 1. The van der Waals surface area contributed by atoms with Crippen LogP contribution >= 0.6 is 0 Å². The van der Waals surface area contributed by atoms with E-state index in [2.05, 4.69) is 15.3 Å². The number of H-pyrrole nitrogens is 1. The normalized spacial score (nSPS) is 12.0. The number of imidazole rings is 1. The van der Waals surface area contributed by atoms with Gasteiger partial charge in [-0.15, -0.1) is 0 Å². The number of carboxylic acids is 1. The Morgan fingerprint density at radius 1 is 1.08 bits per heavy atom. The molecule has 0 fully saturated rings. The summed E-state index contributed by atoms with van der Waals surface area (Å²) >= 11 is 0. The van der Waals surface area contributed by atoms with Crippen molar-refractivity contribution < 1.29 is 14.7 Å². The number of carbonyl (C=O) groups excluding carboxylic acids is 1. The van der Waals surface area contributed by atoms with E-state index in [1.165, 1.54) is 0 Å². The van der Waals surface area contributed by atoms with Crippen molar-refractivity contribution in [2.45, 2.75) is 18.9 Å². The summed E-state index contributed by atoms with van der Waals surface area (Å²) in [7, 11) is 0. The standard InChI is InChI=1S/C18H17N3O3/c22-17(12-6-2-1-3-7-12)21-15(18(23)24)10-11-16-19-13-8-4-5-9-14(13)20-16/h1-9,15H,10-11H2,(H,19,20)(H,21,22)(H,23,24). The van der Waals surface area contributed by atoms with E-state index < -0.39 is 17.9 Å². The Morgan fingerprint density at radius 2 is 1.79 bits per heavy atom. The van der Waals surface area contributed by atoms with Crippen molar-refractivity contribution in [3.8, 4) is 0 Å². The van der Waals surface area contributed by atoms with Crippen LogP contribution in [0.3, 0.4) is 0 Å². The fraction of sp³-hybridized carbons (Fsp3) is 0.167. The van der Waals surface area contributed by atoms with Gasteiger partial charge in [0.1, 0.15) is 11.9 Å². The predicted octanol–water partition coefficient (Wildman–Crippen LogP) is 2.38. The first-order valence-corrected chi connectivity index (χ1v) is 7.66. The van der Waals surface area contributed by atoms with Crippen LogP contribution in [0.25, 0.3) is 11.0 Å². The first kappa shape index (κ1) is 15.7. The molecule has 0 spiro atoms. The third-order valence-corrected chi connectivity index (χ3v) is 3.75. The number of aryl methyl sites for hydroxylation is 1. The van der Waals surface area contributed by atoms with Crippen LogP contribution in [0, 0.1) is 0 Å². The van der Waals surface area contributed by atoms with Gasteiger partial charge in [0.05, 0.1) is 11.0 Å². The zero-order valence-electron chi connectivity index (χ0n) is 12.9. The average Bonchev–Trinajstić information content (AvgIpc) is 3.01. The Morgan fingerprint density at radius 3 is 2.50 bits per heavy atom. The molecule has 1 atom stereocenters. The van der Waals surface area contributed by atoms with Crippen LogP contribution in [0.15, 0.2) is 54.6 Å². The second kappa shape index (κ2) is 6.95. The number of aromatic nitrogens is 2. The van der Waals surface area contributed by atoms with Gasteiger partial charge in [0.25, 0.3) is 5.91 Å². The molecule has 1 aromatic heterocycles. The summed E-state index contributed by atoms with van der Waals surface area (Å²) in [6, 6.07) is 15.2. The van der Waals surface area contributed by atoms with Gasteiger partial charge >= 0.3 is 5.97 Å². The van der Waals surface area contributed by atoms with Gasteiger partial charge in [-0.3, -0.25) is 4.79 Å². The van der Waals surface area contributed by atoms with Gasteiger partial charge in [0.2, 0.25) is 0 Å². The zero-order chi connectivity index (χ0) is 16.9. The Labute approximate surface area is 138 Å². The minimum Gasteiger partial charge on any atom is -0.480 e. The first-order chi connectivity index (χ1) is 11.6. The summed E-state index contributed by atoms with van der Waals surface area (Å²) < 4.78 is 0. The van der Waals surface area contributed by atoms with Gasteiger partial charge in [-0.05, 0) is 30.7 Å². The maximum absolute atomic E-state index is 12.1. The molecule has 6 nitrogen and oxygen atoms in total. The minimum atomic E-state index is -1.06. The molecular formula is C18H17N3O3. The highest BCUT2D eigenvalue weighted by atomic mass is 16.4. The number of amides is 1. The Hall–Kier alpha value is -3.15. The van der Waals surface area contributed by atoms with Crippen molar-refractivity contribution in [3.63, 3.8) is 0 Å². The summed E-state index contributed by atoms with van der Waals surface area (Å²) in [6.07, 6.45) is 0.689. The Bertz CT molecular complexity index is 825. The van der Waals surface area contributed by atoms with Crippen LogP contribution in [0.1, 0.15) is 22.6 Å². The van der Waals surface area contributed by atoms with Crippen molar-refractivity contribution in [3.05, 3.63) is 66.0 Å². The molecule has 1 amide bonds. The Balaban J connectivity index is 1.65. The molecule has 24 heavy (non-hydrogen) atoms. The number of hydrogen-bond acceptors (Lipinski definition) is 3. The van der Waals surface area contributed by atoms with E-state index in [0.29, 0.717) is 17.8 Å². The number of rotatable bonds is 6. The largest absolute Gasteiger partial charge is 0.480 e. The van der Waals surface area contributed by atoms with Crippen molar-refractivity contribution in [1.29, 1.82) is 0 Å². The molecule has 0 bridgehead atoms. The molecule has 0 saturated heterocycles. The summed E-state index contributed by atoms with van der Waals surface area (Å²) in [5.74, 6) is -0.751. The van der Waals surface area contributed by atoms with Gasteiger partial charge in [-0.1, -0.05) is 30.3 Å². The number of aliphatic carboxylic acids is 1. The van der Waals surface area contributed by atoms with Crippen LogP contribution in [0.2, 0.25) is 0 Å². The summed E-state index contributed by atoms with van der Waals surface area (Å²) in [6.45, 7) is 0. The monoisotopic (exact) mass is 323 g/mol. The molecule has 3 N–H and O–H groups in total. The number of fused-ring (bicyclic) bond motifs is 1. The molecule has 0 saturated carbocycles. The van der Waals surface area contributed by atoms with E-state index in [9.17, 15) is 14.7 Å². The number of benzene rings is 2. The number of carboxylic acid groups (broad SMARTS) is 1. The molecular weight excluding hydrogens is 306 g/mol. The fourth-order valence-electron chi connectivity index (χ4n) is 2.49. The number of nitrogens with one attached hydrogen (secondary N) is 2. The molecule has 0 aliphatic heterocycles. The van der Waals surface area contributed by atoms with E-state index in [1.807, 2.05) is 24.3 Å². The van der Waals surface area contributed by atoms with Gasteiger partial charge < -0.3 is 15.4 Å². The molecule has 1 heterocycles. The second-order valence-electron chi connectivity index (χ2n) is 5.47. The molecule has 0 radical (unpaired) electrons. The number of hydrogen-bond donors (Lipinski definition) is 3. The molecule has 0 aliphatic rings. The molecule has 6 heteroatoms. The van der Waals surface area contributed by atoms with Crippen LogP contribution in [-0.4, -0.2) is 33.0 Å². The van der Waals surface area contributed by atoms with Crippen molar-refractivity contribution >= 4 is 22.9 Å². The number of para-hydroxylation sites is 2. The van der Waals surface area contributed by atoms with E-state index in [-0.39, 0.29) is 6.42 Å². The maximum atomic E-state index is 12.1. The third-order valence-electron chi connectivity index (χ3n) is 3.75. The van der Waals surface area contributed by atoms with Gasteiger partial charge in [-0.25, -0.2) is 9.78 Å². The van der Waals surface area contributed by atoms with Gasteiger partial charge in [0.15, 0.2) is 0 Å². The van der Waals surface area contributed by atoms with Crippen LogP contribution in [0.5, 0.6) is 0 Å². The molecule has 3 aromatic rings. The molecule has 3 rings (SSSR count). The lowest BCUT2D eigenvalue weighted by molar-refractivity contribution is -0.139. The van der Waals surface area contributed by atoms with E-state index in [0.717, 1.165) is 11.0 Å². The summed E-state index contributed by atoms with van der Waals surface area (Å²) in [5, 5.41) is 11.9. The Kier molecular flexibility index (Phi) is 4.56. The maximum Gasteiger partial charge on any atom is 0.326 e. The quantitative estimate of drug-likeness (QED) is 0.649. The van der Waals surface area contributed by atoms with Gasteiger partial charge in [0, 0.05) is 12.0 Å². The predicted molar refractivity (Wildman–Crippen MR) is 89.7 cm³/mol. The fourth-order valence-corrected chi connectivity index (χ4v) is 2.49. The highest BCUT2D eigenvalue weighted by molar-refractivity contribution is 5.96. The summed E-state index contributed by atoms with van der Waals surface area (Å²) in [5.41, 5.74) is 2.19. The third kappa shape index (κ3) is 3.60. The van der Waals surface area contributed by atoms with Crippen LogP contribution < -0.4 is 5.32 Å². The number of carbonyl (C=O) groups is 2. The average molecular weight is 323 g/mol. The highest BCUT2D eigenvalue weighted by Gasteiger charge is 2.21. The summed E-state index contributed by atoms with van der Waals surface area (Å²) in [4.78, 5) is 31.1. The van der Waals surface area contributed by atoms with E-state index in [1.54, 1.807) is 30.3 Å². The van der Waals surface area contributed by atoms with Crippen molar-refractivity contribution in [2.75, 3.05) is 0 Å². The van der Waals surface area contributed by atoms with Crippen LogP contribution in [-0.2, 0) is 11.2 Å². The van der Waals surface area contributed by atoms with Crippen molar-refractivity contribution in [1.82, 2.24) is 15.3 Å². The topological polar surface area (TPSA) is 95.1 Å². The molecule has 122 valence electrons. The zero-order valence-corrected chi connectivity index (χ0v) is 12.9. The lowest BCUT2D eigenvalue weighted by atomic mass is 10.1. The second-order valence-corrected chi connectivity index (χ2v) is 5.47. The lowest BCUT2D eigenvalue weighted by Gasteiger charge is -2.13. The van der Waals surface area contributed by atoms with Gasteiger partial charge in [-0.2, -0.15) is 0 Å². The van der Waals surface area contributed by atoms with E-state index >= 15 is 0 Å². The lowest BCUT2D eigenvalue weighted by Crippen LogP contribution is -2.41. The van der Waals surface area contributed by atoms with Crippen LogP contribution in [0.4, 0.5) is 0 Å². The molecule has 2 aromatic carbocycles. The first-order valence-electron chi connectivity index (χ1n) is 7.66. The minimum absolute atomic E-state index is 0.258. The molecule has 0 aliphatic carbocycles. The molecule has 1 unspecified atom stereocenters. The van der Waals surface area contributed by atoms with Crippen molar-refractivity contribution in [2.24, 2.45) is 0 Å². The number of nitrogens with zero attached hydrogens (tertiary/aromatic N) is 1. The van der Waals surface area contributed by atoms with E-state index in [4.69, 9.17) is 0 Å². The smallest absolute Gasteiger partial charge is 0.326 e. The SMILES string of the molecule is O=C(NC(CCc1nc2ccccc2[nH]1)C(=O)O)c1ccccc1. The highest BCUT2D eigenvalue weighted by Crippen LogP contribution is 2.12.